The van der Waals surface area contributed by atoms with E-state index in [0.29, 0.717) is 12.4 Å². The third-order valence-corrected chi connectivity index (χ3v) is 3.43. The number of nitrogens with zero attached hydrogens (tertiary/aromatic N) is 2. The Bertz CT molecular complexity index is 696. The van der Waals surface area contributed by atoms with E-state index in [0.717, 1.165) is 16.8 Å². The average molecular weight is 326 g/mol. The molecule has 126 valence electrons. The first-order valence-corrected chi connectivity index (χ1v) is 7.72. The molecule has 2 rings (SSSR count). The van der Waals surface area contributed by atoms with Gasteiger partial charge in [0.05, 0.1) is 6.54 Å². The first-order chi connectivity index (χ1) is 11.4. The topological polar surface area (TPSA) is 74.3 Å². The van der Waals surface area contributed by atoms with Gasteiger partial charge >= 0.3 is 6.03 Å². The Labute approximate surface area is 141 Å². The summed E-state index contributed by atoms with van der Waals surface area (Å²) in [6, 6.07) is 12.9. The maximum absolute atomic E-state index is 12.1. The third kappa shape index (κ3) is 5.39. The van der Waals surface area contributed by atoms with Gasteiger partial charge in [-0.2, -0.15) is 0 Å². The minimum atomic E-state index is -0.450. The average Bonchev–Trinajstić information content (AvgIpc) is 2.52. The van der Waals surface area contributed by atoms with Crippen molar-refractivity contribution in [1.82, 2.24) is 15.2 Å². The molecule has 0 aliphatic rings. The number of pyridine rings is 1. The maximum Gasteiger partial charge on any atom is 0.320 e. The lowest BCUT2D eigenvalue weighted by molar-refractivity contribution is -0.129. The number of nitrogens with one attached hydrogen (secondary N) is 2. The summed E-state index contributed by atoms with van der Waals surface area (Å²) >= 11 is 0. The zero-order valence-corrected chi connectivity index (χ0v) is 14.2. The van der Waals surface area contributed by atoms with Gasteiger partial charge in [-0.15, -0.1) is 0 Å². The normalized spacial score (nSPS) is 10.1. The van der Waals surface area contributed by atoms with Crippen molar-refractivity contribution in [3.8, 4) is 0 Å². The van der Waals surface area contributed by atoms with Crippen molar-refractivity contribution in [1.29, 1.82) is 0 Å². The van der Waals surface area contributed by atoms with Crippen molar-refractivity contribution in [2.24, 2.45) is 0 Å². The summed E-state index contributed by atoms with van der Waals surface area (Å²) in [5, 5.41) is 5.19. The fraction of sp³-hybridized carbons (Fsp3) is 0.278. The fourth-order valence-corrected chi connectivity index (χ4v) is 2.30. The van der Waals surface area contributed by atoms with Crippen LogP contribution < -0.4 is 10.6 Å². The van der Waals surface area contributed by atoms with Gasteiger partial charge in [0.25, 0.3) is 0 Å². The molecule has 0 saturated heterocycles. The molecule has 0 aliphatic heterocycles. The van der Waals surface area contributed by atoms with Crippen molar-refractivity contribution in [3.63, 3.8) is 0 Å². The molecule has 1 heterocycles. The molecule has 1 aromatic heterocycles. The molecule has 0 saturated carbocycles. The van der Waals surface area contributed by atoms with Crippen LogP contribution in [0.2, 0.25) is 0 Å². The van der Waals surface area contributed by atoms with Crippen LogP contribution in [0, 0.1) is 13.8 Å². The number of hydrogen-bond donors (Lipinski definition) is 2. The quantitative estimate of drug-likeness (QED) is 0.886. The highest BCUT2D eigenvalue weighted by Gasteiger charge is 2.11. The molecule has 3 amide bonds. The van der Waals surface area contributed by atoms with Crippen LogP contribution in [0.3, 0.4) is 0 Å². The smallest absolute Gasteiger partial charge is 0.320 e. The van der Waals surface area contributed by atoms with Gasteiger partial charge in [0, 0.05) is 19.3 Å². The number of aryl methyl sites for hydroxylation is 2. The molecule has 1 aromatic carbocycles. The summed E-state index contributed by atoms with van der Waals surface area (Å²) in [7, 11) is 1.71. The van der Waals surface area contributed by atoms with Gasteiger partial charge in [-0.1, -0.05) is 30.3 Å². The SMILES string of the molecule is Cc1cc(C)nc(NC(=O)NCC(=O)N(C)Cc2ccccc2)c1. The second-order valence-electron chi connectivity index (χ2n) is 5.71. The van der Waals surface area contributed by atoms with E-state index >= 15 is 0 Å². The van der Waals surface area contributed by atoms with Gasteiger partial charge in [-0.05, 0) is 37.1 Å². The summed E-state index contributed by atoms with van der Waals surface area (Å²) in [6.45, 7) is 4.22. The van der Waals surface area contributed by atoms with Gasteiger partial charge in [-0.25, -0.2) is 9.78 Å². The molecule has 2 aromatic rings. The van der Waals surface area contributed by atoms with E-state index in [4.69, 9.17) is 0 Å². The van der Waals surface area contributed by atoms with E-state index in [1.54, 1.807) is 18.0 Å². The van der Waals surface area contributed by atoms with E-state index in [-0.39, 0.29) is 12.5 Å². The summed E-state index contributed by atoms with van der Waals surface area (Å²) in [4.78, 5) is 29.8. The zero-order chi connectivity index (χ0) is 17.5. The molecule has 0 fully saturated rings. The van der Waals surface area contributed by atoms with Crippen LogP contribution >= 0.6 is 0 Å². The molecule has 0 bridgehead atoms. The number of rotatable bonds is 5. The lowest BCUT2D eigenvalue weighted by Gasteiger charge is -2.17. The van der Waals surface area contributed by atoms with E-state index in [1.807, 2.05) is 50.2 Å². The standard InChI is InChI=1S/C18H22N4O2/c1-13-9-14(2)20-16(10-13)21-18(24)19-11-17(23)22(3)12-15-7-5-4-6-8-15/h4-10H,11-12H2,1-3H3,(H2,19,20,21,24). The van der Waals surface area contributed by atoms with E-state index < -0.39 is 6.03 Å². The Kier molecular flexibility index (Phi) is 5.89. The molecule has 0 unspecified atom stereocenters. The van der Waals surface area contributed by atoms with Crippen LogP contribution in [-0.4, -0.2) is 35.4 Å². The highest BCUT2D eigenvalue weighted by Crippen LogP contribution is 2.08. The van der Waals surface area contributed by atoms with Crippen LogP contribution in [0.15, 0.2) is 42.5 Å². The van der Waals surface area contributed by atoms with Gasteiger partial charge < -0.3 is 10.2 Å². The summed E-state index contributed by atoms with van der Waals surface area (Å²) < 4.78 is 0. The van der Waals surface area contributed by atoms with Gasteiger partial charge in [0.15, 0.2) is 0 Å². The van der Waals surface area contributed by atoms with Crippen molar-refractivity contribution in [2.45, 2.75) is 20.4 Å². The second-order valence-corrected chi connectivity index (χ2v) is 5.71. The van der Waals surface area contributed by atoms with Crippen molar-refractivity contribution >= 4 is 17.8 Å². The van der Waals surface area contributed by atoms with Crippen LogP contribution in [-0.2, 0) is 11.3 Å². The van der Waals surface area contributed by atoms with Crippen LogP contribution in [0.4, 0.5) is 10.6 Å². The number of carbonyl (C=O) groups is 2. The molecule has 0 radical (unpaired) electrons. The first kappa shape index (κ1) is 17.5. The monoisotopic (exact) mass is 326 g/mol. The Morgan fingerprint density at radius 2 is 1.83 bits per heavy atom. The number of benzene rings is 1. The number of aromatic nitrogens is 1. The second kappa shape index (κ2) is 8.10. The van der Waals surface area contributed by atoms with E-state index in [1.165, 1.54) is 0 Å². The predicted octanol–water partition coefficient (Wildman–Crippen LogP) is 2.48. The van der Waals surface area contributed by atoms with Gasteiger partial charge in [0.2, 0.25) is 5.91 Å². The van der Waals surface area contributed by atoms with E-state index in [2.05, 4.69) is 15.6 Å². The molecule has 0 aliphatic carbocycles. The zero-order valence-electron chi connectivity index (χ0n) is 14.2. The summed E-state index contributed by atoms with van der Waals surface area (Å²) in [5.74, 6) is 0.303. The van der Waals surface area contributed by atoms with Gasteiger partial charge in [-0.3, -0.25) is 10.1 Å². The first-order valence-electron chi connectivity index (χ1n) is 7.72. The van der Waals surface area contributed by atoms with Crippen molar-refractivity contribution < 1.29 is 9.59 Å². The maximum atomic E-state index is 12.1. The highest BCUT2D eigenvalue weighted by molar-refractivity contribution is 5.91. The van der Waals surface area contributed by atoms with Gasteiger partial charge in [0.1, 0.15) is 5.82 Å². The van der Waals surface area contributed by atoms with E-state index in [9.17, 15) is 9.59 Å². The number of carbonyl (C=O) groups excluding carboxylic acids is 2. The molecule has 24 heavy (non-hydrogen) atoms. The Balaban J connectivity index is 1.81. The molecular weight excluding hydrogens is 304 g/mol. The van der Waals surface area contributed by atoms with Crippen LogP contribution in [0.5, 0.6) is 0 Å². The summed E-state index contributed by atoms with van der Waals surface area (Å²) in [5.41, 5.74) is 2.87. The number of amides is 3. The molecule has 2 N–H and O–H groups in total. The fourth-order valence-electron chi connectivity index (χ4n) is 2.30. The number of hydrogen-bond acceptors (Lipinski definition) is 3. The molecule has 6 nitrogen and oxygen atoms in total. The minimum absolute atomic E-state index is 0.0695. The number of anilines is 1. The third-order valence-electron chi connectivity index (χ3n) is 3.43. The lowest BCUT2D eigenvalue weighted by atomic mass is 10.2. The molecule has 0 atom stereocenters. The number of urea groups is 1. The Morgan fingerprint density at radius 3 is 2.50 bits per heavy atom. The molecule has 0 spiro atoms. The minimum Gasteiger partial charge on any atom is -0.340 e. The lowest BCUT2D eigenvalue weighted by Crippen LogP contribution is -2.39. The summed E-state index contributed by atoms with van der Waals surface area (Å²) in [6.07, 6.45) is 0. The predicted molar refractivity (Wildman–Crippen MR) is 93.6 cm³/mol. The van der Waals surface area contributed by atoms with Crippen molar-refractivity contribution in [2.75, 3.05) is 18.9 Å². The van der Waals surface area contributed by atoms with Crippen molar-refractivity contribution in [3.05, 3.63) is 59.3 Å². The largest absolute Gasteiger partial charge is 0.340 e. The van der Waals surface area contributed by atoms with Crippen LogP contribution in [0.1, 0.15) is 16.8 Å². The van der Waals surface area contributed by atoms with Crippen LogP contribution in [0.25, 0.3) is 0 Å². The number of likely N-dealkylation sites (N-methyl/N-ethyl adjacent to an activating group) is 1. The molecule has 6 heteroatoms. The molecular formula is C18H22N4O2. The Hall–Kier alpha value is -2.89. The Morgan fingerprint density at radius 1 is 1.12 bits per heavy atom. The highest BCUT2D eigenvalue weighted by atomic mass is 16.2.